The van der Waals surface area contributed by atoms with Crippen LogP contribution in [0.2, 0.25) is 0 Å². The monoisotopic (exact) mass is 303 g/mol. The molecule has 0 saturated carbocycles. The molecule has 2 N–H and O–H groups in total. The summed E-state index contributed by atoms with van der Waals surface area (Å²) in [6.07, 6.45) is 4.78. The lowest BCUT2D eigenvalue weighted by Crippen LogP contribution is -1.96. The molecule has 1 atom stereocenters. The van der Waals surface area contributed by atoms with Gasteiger partial charge in [0.2, 0.25) is 0 Å². The molecule has 5 heteroatoms. The summed E-state index contributed by atoms with van der Waals surface area (Å²) in [6, 6.07) is 10.6. The zero-order chi connectivity index (χ0) is 13.3. The Morgan fingerprint density at radius 2 is 1.94 bits per heavy atom. The van der Waals surface area contributed by atoms with Crippen LogP contribution in [0.25, 0.3) is 0 Å². The first-order chi connectivity index (χ1) is 8.64. The van der Waals surface area contributed by atoms with Crippen LogP contribution in [-0.4, -0.2) is 12.4 Å². The van der Waals surface area contributed by atoms with Gasteiger partial charge in [0, 0.05) is 5.75 Å². The molecule has 0 saturated heterocycles. The minimum atomic E-state index is -2.05. The molecule has 1 unspecified atom stereocenters. The molecule has 0 spiro atoms. The lowest BCUT2D eigenvalue weighted by atomic mass is 10.1. The first-order valence-corrected chi connectivity index (χ1v) is 10.7. The van der Waals surface area contributed by atoms with Crippen molar-refractivity contribution in [2.24, 2.45) is 5.50 Å². The second-order valence-electron chi connectivity index (χ2n) is 4.09. The molecule has 0 aliphatic carbocycles. The number of hydrogen-bond acceptors (Lipinski definition) is 3. The fraction of sp³-hybridized carbons (Fsp3) is 0.538. The highest BCUT2D eigenvalue weighted by atomic mass is 32.9. The molecule has 0 amide bonds. The Morgan fingerprint density at radius 1 is 1.22 bits per heavy atom. The van der Waals surface area contributed by atoms with Gasteiger partial charge in [-0.2, -0.15) is 0 Å². The van der Waals surface area contributed by atoms with Gasteiger partial charge in [-0.05, 0) is 43.6 Å². The van der Waals surface area contributed by atoms with Crippen LogP contribution in [0.3, 0.4) is 0 Å². The Morgan fingerprint density at radius 3 is 2.61 bits per heavy atom. The van der Waals surface area contributed by atoms with E-state index in [1.807, 2.05) is 6.92 Å². The van der Waals surface area contributed by atoms with Gasteiger partial charge in [0.1, 0.15) is 0 Å². The first kappa shape index (κ1) is 16.2. The topological polar surface area (TPSA) is 35.2 Å². The van der Waals surface area contributed by atoms with Gasteiger partial charge in [0.15, 0.2) is 5.62 Å². The van der Waals surface area contributed by atoms with Crippen LogP contribution in [0.1, 0.15) is 31.7 Å². The predicted molar refractivity (Wildman–Crippen MR) is 86.6 cm³/mol. The van der Waals surface area contributed by atoms with E-state index in [-0.39, 0.29) is 0 Å². The van der Waals surface area contributed by atoms with Crippen molar-refractivity contribution in [1.82, 2.24) is 0 Å². The van der Waals surface area contributed by atoms with Crippen LogP contribution in [0.15, 0.2) is 30.3 Å². The van der Waals surface area contributed by atoms with Crippen molar-refractivity contribution in [2.75, 3.05) is 12.4 Å². The van der Waals surface area contributed by atoms with Gasteiger partial charge in [0.25, 0.3) is 0 Å². The van der Waals surface area contributed by atoms with Crippen LogP contribution in [0.4, 0.5) is 0 Å². The molecule has 1 aromatic carbocycles. The van der Waals surface area contributed by atoms with E-state index in [4.69, 9.17) is 21.8 Å². The van der Waals surface area contributed by atoms with E-state index in [1.54, 1.807) is 11.4 Å². The van der Waals surface area contributed by atoms with E-state index >= 15 is 0 Å². The SMILES string of the molecule is CCOP(N)(=S)SCCCCCc1ccccc1. The highest BCUT2D eigenvalue weighted by Gasteiger charge is 2.10. The predicted octanol–water partition coefficient (Wildman–Crippen LogP) is 4.35. The smallest absolute Gasteiger partial charge is 0.183 e. The normalized spacial score (nSPS) is 14.3. The van der Waals surface area contributed by atoms with Gasteiger partial charge in [-0.15, -0.1) is 0 Å². The molecule has 18 heavy (non-hydrogen) atoms. The maximum Gasteiger partial charge on any atom is 0.183 e. The second-order valence-corrected chi connectivity index (χ2v) is 10.8. The van der Waals surface area contributed by atoms with Crippen molar-refractivity contribution in [3.8, 4) is 0 Å². The van der Waals surface area contributed by atoms with Gasteiger partial charge in [-0.25, -0.2) is 0 Å². The van der Waals surface area contributed by atoms with Crippen molar-refractivity contribution in [2.45, 2.75) is 32.6 Å². The molecule has 1 aromatic rings. The average molecular weight is 303 g/mol. The lowest BCUT2D eigenvalue weighted by Gasteiger charge is -2.14. The van der Waals surface area contributed by atoms with Gasteiger partial charge in [-0.3, -0.25) is 5.50 Å². The highest BCUT2D eigenvalue weighted by molar-refractivity contribution is 8.68. The first-order valence-electron chi connectivity index (χ1n) is 6.35. The molecular weight excluding hydrogens is 281 g/mol. The maximum atomic E-state index is 5.90. The quantitative estimate of drug-likeness (QED) is 0.543. The summed E-state index contributed by atoms with van der Waals surface area (Å²) in [5, 5.41) is 0. The summed E-state index contributed by atoms with van der Waals surface area (Å²) in [5.41, 5.74) is 5.27. The van der Waals surface area contributed by atoms with Crippen LogP contribution in [0, 0.1) is 0 Å². The highest BCUT2D eigenvalue weighted by Crippen LogP contribution is 2.52. The molecule has 0 heterocycles. The third-order valence-corrected chi connectivity index (χ3v) is 7.19. The summed E-state index contributed by atoms with van der Waals surface area (Å²) in [4.78, 5) is 0. The molecule has 0 fully saturated rings. The molecule has 0 radical (unpaired) electrons. The number of aryl methyl sites for hydroxylation is 1. The number of unbranched alkanes of at least 4 members (excludes halogenated alkanes) is 2. The fourth-order valence-corrected chi connectivity index (χ4v) is 5.36. The fourth-order valence-electron chi connectivity index (χ4n) is 1.66. The molecular formula is C13H22NOPS2. The number of benzene rings is 1. The van der Waals surface area contributed by atoms with Gasteiger partial charge in [0.05, 0.1) is 6.61 Å². The molecule has 0 aromatic heterocycles. The van der Waals surface area contributed by atoms with E-state index in [9.17, 15) is 0 Å². The van der Waals surface area contributed by atoms with Crippen molar-refractivity contribution in [1.29, 1.82) is 0 Å². The second kappa shape index (κ2) is 9.11. The summed E-state index contributed by atoms with van der Waals surface area (Å²) in [5.74, 6) is 1.02. The van der Waals surface area contributed by atoms with Gasteiger partial charge in [-0.1, -0.05) is 48.1 Å². The average Bonchev–Trinajstić information content (AvgIpc) is 2.35. The molecule has 0 bridgehead atoms. The van der Waals surface area contributed by atoms with Crippen molar-refractivity contribution < 1.29 is 4.52 Å². The lowest BCUT2D eigenvalue weighted by molar-refractivity contribution is 0.385. The van der Waals surface area contributed by atoms with Crippen molar-refractivity contribution in [3.63, 3.8) is 0 Å². The number of rotatable bonds is 9. The molecule has 0 aliphatic rings. The number of nitrogens with two attached hydrogens (primary N) is 1. The zero-order valence-corrected chi connectivity index (χ0v) is 13.4. The Balaban J connectivity index is 2.04. The minimum Gasteiger partial charge on any atom is -0.331 e. The standard InChI is InChI=1S/C13H22NOPS2/c1-2-15-16(14,17)18-12-8-4-7-11-13-9-5-3-6-10-13/h3,5-6,9-10H,2,4,7-8,11-12H2,1H3,(H2,14,17). The van der Waals surface area contributed by atoms with E-state index in [0.29, 0.717) is 6.61 Å². The van der Waals surface area contributed by atoms with E-state index in [0.717, 1.165) is 12.2 Å². The number of hydrogen-bond donors (Lipinski definition) is 1. The molecule has 102 valence electrons. The largest absolute Gasteiger partial charge is 0.331 e. The van der Waals surface area contributed by atoms with E-state index < -0.39 is 5.62 Å². The summed E-state index contributed by atoms with van der Waals surface area (Å²) in [7, 11) is 0. The Hall–Kier alpha value is 0.140. The molecule has 2 nitrogen and oxygen atoms in total. The van der Waals surface area contributed by atoms with E-state index in [1.165, 1.54) is 24.8 Å². The van der Waals surface area contributed by atoms with Crippen LogP contribution < -0.4 is 5.50 Å². The molecule has 0 aliphatic heterocycles. The van der Waals surface area contributed by atoms with Crippen LogP contribution in [-0.2, 0) is 22.8 Å². The summed E-state index contributed by atoms with van der Waals surface area (Å²) < 4.78 is 5.37. The Labute approximate surface area is 120 Å². The van der Waals surface area contributed by atoms with Crippen LogP contribution in [0.5, 0.6) is 0 Å². The maximum absolute atomic E-state index is 5.90. The van der Waals surface area contributed by atoms with Crippen molar-refractivity contribution in [3.05, 3.63) is 35.9 Å². The Kier molecular flexibility index (Phi) is 8.20. The summed E-state index contributed by atoms with van der Waals surface area (Å²) >= 11 is 6.86. The Bertz CT molecular complexity index is 373. The third-order valence-electron chi connectivity index (χ3n) is 2.53. The summed E-state index contributed by atoms with van der Waals surface area (Å²) in [6.45, 7) is 2.56. The van der Waals surface area contributed by atoms with Gasteiger partial charge < -0.3 is 4.52 Å². The third kappa shape index (κ3) is 7.55. The van der Waals surface area contributed by atoms with Crippen LogP contribution >= 0.6 is 17.0 Å². The zero-order valence-electron chi connectivity index (χ0n) is 10.9. The minimum absolute atomic E-state index is 0.620. The van der Waals surface area contributed by atoms with E-state index in [2.05, 4.69) is 30.3 Å². The van der Waals surface area contributed by atoms with Gasteiger partial charge >= 0.3 is 0 Å². The molecule has 1 rings (SSSR count). The van der Waals surface area contributed by atoms with Crippen molar-refractivity contribution >= 4 is 28.8 Å².